The quantitative estimate of drug-likeness (QED) is 0.184. The summed E-state index contributed by atoms with van der Waals surface area (Å²) in [6, 6.07) is 28.5. The highest BCUT2D eigenvalue weighted by Gasteiger charge is 2.25. The fourth-order valence-electron chi connectivity index (χ4n) is 3.85. The Morgan fingerprint density at radius 2 is 1.65 bits per heavy atom. The summed E-state index contributed by atoms with van der Waals surface area (Å²) < 4.78 is 33.9. The predicted octanol–water partition coefficient (Wildman–Crippen LogP) is 5.32. The van der Waals surface area contributed by atoms with Crippen LogP contribution in [0.1, 0.15) is 11.1 Å². The van der Waals surface area contributed by atoms with Gasteiger partial charge in [0.2, 0.25) is 5.91 Å². The van der Waals surface area contributed by atoms with Crippen molar-refractivity contribution in [1.82, 2.24) is 5.32 Å². The molecule has 0 radical (unpaired) electrons. The molecule has 0 fully saturated rings. The molecule has 3 N–H and O–H groups in total. The van der Waals surface area contributed by atoms with Crippen LogP contribution in [0.25, 0.3) is 6.08 Å². The molecule has 0 bridgehead atoms. The van der Waals surface area contributed by atoms with Crippen LogP contribution >= 0.6 is 12.2 Å². The molecule has 0 unspecified atom stereocenters. The molecule has 0 aliphatic rings. The van der Waals surface area contributed by atoms with Crippen molar-refractivity contribution in [1.29, 1.82) is 0 Å². The number of phenols is 1. The van der Waals surface area contributed by atoms with Crippen molar-refractivity contribution >= 4 is 50.7 Å². The molecule has 0 atom stereocenters. The number of sulfonamides is 1. The van der Waals surface area contributed by atoms with Gasteiger partial charge >= 0.3 is 0 Å². The van der Waals surface area contributed by atoms with Crippen molar-refractivity contribution in [3.05, 3.63) is 120 Å². The molecule has 0 aliphatic heterocycles. The third kappa shape index (κ3) is 7.25. The average molecular weight is 574 g/mol. The van der Waals surface area contributed by atoms with E-state index in [0.29, 0.717) is 22.7 Å². The second-order valence-corrected chi connectivity index (χ2v) is 10.8. The van der Waals surface area contributed by atoms with E-state index in [1.54, 1.807) is 73.8 Å². The number of aromatic hydroxyl groups is 1. The number of rotatable bonds is 9. The summed E-state index contributed by atoms with van der Waals surface area (Å²) in [6.07, 6.45) is 2.96. The van der Waals surface area contributed by atoms with Crippen LogP contribution in [-0.4, -0.2) is 31.7 Å². The number of nitrogens with zero attached hydrogens (tertiary/aromatic N) is 1. The number of carbonyl (C=O) groups excluding carboxylic acids is 1. The minimum Gasteiger partial charge on any atom is -0.508 e. The summed E-state index contributed by atoms with van der Waals surface area (Å²) in [7, 11) is -2.41. The van der Waals surface area contributed by atoms with Gasteiger partial charge in [0.25, 0.3) is 10.0 Å². The molecule has 8 nitrogen and oxygen atoms in total. The monoisotopic (exact) mass is 573 g/mol. The molecular formula is C30H27N3O5S2. The van der Waals surface area contributed by atoms with Gasteiger partial charge in [-0.25, -0.2) is 8.42 Å². The molecule has 4 rings (SSSR count). The summed E-state index contributed by atoms with van der Waals surface area (Å²) in [4.78, 5) is 12.4. The van der Waals surface area contributed by atoms with Gasteiger partial charge < -0.3 is 15.2 Å². The van der Waals surface area contributed by atoms with Crippen molar-refractivity contribution in [3.63, 3.8) is 0 Å². The van der Waals surface area contributed by atoms with Gasteiger partial charge in [-0.1, -0.05) is 48.5 Å². The number of para-hydroxylation sites is 2. The lowest BCUT2D eigenvalue weighted by molar-refractivity contribution is -0.115. The summed E-state index contributed by atoms with van der Waals surface area (Å²) in [5, 5.41) is 15.4. The molecule has 1 amide bonds. The molecule has 40 heavy (non-hydrogen) atoms. The first-order valence-corrected chi connectivity index (χ1v) is 14.0. The first-order chi connectivity index (χ1) is 19.3. The highest BCUT2D eigenvalue weighted by molar-refractivity contribution is 7.92. The fraction of sp³-hybridized carbons (Fsp3) is 0.0667. The number of carbonyl (C=O) groups is 1. The lowest BCUT2D eigenvalue weighted by atomic mass is 10.2. The zero-order chi connectivity index (χ0) is 28.5. The molecule has 4 aromatic rings. The van der Waals surface area contributed by atoms with Crippen molar-refractivity contribution in [2.75, 3.05) is 16.7 Å². The molecule has 0 saturated carbocycles. The Morgan fingerprint density at radius 1 is 0.950 bits per heavy atom. The molecule has 10 heteroatoms. The Labute approximate surface area is 238 Å². The van der Waals surface area contributed by atoms with Crippen molar-refractivity contribution in [2.24, 2.45) is 0 Å². The van der Waals surface area contributed by atoms with Crippen LogP contribution < -0.4 is 19.7 Å². The van der Waals surface area contributed by atoms with E-state index in [0.717, 1.165) is 5.56 Å². The third-order valence-corrected chi connectivity index (χ3v) is 7.76. The topological polar surface area (TPSA) is 108 Å². The minimum absolute atomic E-state index is 0.0270. The number of nitrogens with one attached hydrogen (secondary N) is 2. The van der Waals surface area contributed by atoms with Crippen molar-refractivity contribution in [3.8, 4) is 11.5 Å². The van der Waals surface area contributed by atoms with Crippen LogP contribution in [0.2, 0.25) is 0 Å². The van der Waals surface area contributed by atoms with Crippen molar-refractivity contribution < 1.29 is 23.1 Å². The largest absolute Gasteiger partial charge is 0.508 e. The molecule has 0 spiro atoms. The van der Waals surface area contributed by atoms with Gasteiger partial charge in [0.1, 0.15) is 11.5 Å². The number of hydrogen-bond donors (Lipinski definition) is 3. The molecule has 0 aromatic heterocycles. The second kappa shape index (κ2) is 12.9. The predicted molar refractivity (Wildman–Crippen MR) is 161 cm³/mol. The van der Waals surface area contributed by atoms with Crippen LogP contribution in [-0.2, 0) is 21.4 Å². The Morgan fingerprint density at radius 3 is 2.35 bits per heavy atom. The number of hydrogen-bond acceptors (Lipinski definition) is 6. The van der Waals surface area contributed by atoms with Gasteiger partial charge in [-0.15, -0.1) is 0 Å². The SMILES string of the molecule is COc1ccccc1/C=C/C(=O)NC(=S)Nc1ccc(S(=O)(=O)N(Cc2cccc(O)c2)c2ccccc2)cc1. The van der Waals surface area contributed by atoms with Crippen LogP contribution in [0, 0.1) is 0 Å². The molecule has 4 aromatic carbocycles. The van der Waals surface area contributed by atoms with E-state index in [1.807, 2.05) is 18.2 Å². The van der Waals surface area contributed by atoms with Gasteiger partial charge in [-0.05, 0) is 78.5 Å². The minimum atomic E-state index is -3.97. The van der Waals surface area contributed by atoms with Gasteiger partial charge in [0.15, 0.2) is 5.11 Å². The van der Waals surface area contributed by atoms with E-state index >= 15 is 0 Å². The van der Waals surface area contributed by atoms with E-state index in [1.165, 1.54) is 34.6 Å². The fourth-order valence-corrected chi connectivity index (χ4v) is 5.52. The zero-order valence-electron chi connectivity index (χ0n) is 21.5. The number of ether oxygens (including phenoxy) is 1. The Balaban J connectivity index is 1.45. The molecule has 0 aliphatic carbocycles. The number of thiocarbonyl (C=S) groups is 1. The Kier molecular flexibility index (Phi) is 9.15. The zero-order valence-corrected chi connectivity index (χ0v) is 23.2. The molecule has 0 heterocycles. The maximum Gasteiger partial charge on any atom is 0.264 e. The summed E-state index contributed by atoms with van der Waals surface area (Å²) >= 11 is 5.24. The lowest BCUT2D eigenvalue weighted by Crippen LogP contribution is -2.33. The second-order valence-electron chi connectivity index (χ2n) is 8.56. The summed E-state index contributed by atoms with van der Waals surface area (Å²) in [5.41, 5.74) is 2.35. The normalized spacial score (nSPS) is 11.1. The number of methoxy groups -OCH3 is 1. The van der Waals surface area contributed by atoms with Crippen LogP contribution in [0.4, 0.5) is 11.4 Å². The lowest BCUT2D eigenvalue weighted by Gasteiger charge is -2.25. The third-order valence-electron chi connectivity index (χ3n) is 5.77. The standard InChI is InChI=1S/C30H27N3O5S2/c1-38-28-13-6-5-9-23(28)14-19-29(35)32-30(39)31-24-15-17-27(18-16-24)40(36,37)33(25-10-3-2-4-11-25)21-22-8-7-12-26(34)20-22/h2-20,34H,21H2,1H3,(H2,31,32,35,39)/b19-14+. The molecular weight excluding hydrogens is 546 g/mol. The highest BCUT2D eigenvalue weighted by atomic mass is 32.2. The highest BCUT2D eigenvalue weighted by Crippen LogP contribution is 2.27. The van der Waals surface area contributed by atoms with Crippen LogP contribution in [0.15, 0.2) is 114 Å². The Bertz CT molecular complexity index is 1620. The van der Waals surface area contributed by atoms with Gasteiger partial charge in [0.05, 0.1) is 24.2 Å². The first kappa shape index (κ1) is 28.3. The van der Waals surface area contributed by atoms with Crippen LogP contribution in [0.5, 0.6) is 11.5 Å². The van der Waals surface area contributed by atoms with Crippen LogP contribution in [0.3, 0.4) is 0 Å². The molecule has 0 saturated heterocycles. The summed E-state index contributed by atoms with van der Waals surface area (Å²) in [6.45, 7) is 0.0270. The Hall–Kier alpha value is -4.67. The maximum absolute atomic E-state index is 13.7. The molecule has 204 valence electrons. The smallest absolute Gasteiger partial charge is 0.264 e. The number of benzene rings is 4. The number of amides is 1. The van der Waals surface area contributed by atoms with Crippen molar-refractivity contribution in [2.45, 2.75) is 11.4 Å². The van der Waals surface area contributed by atoms with E-state index in [9.17, 15) is 18.3 Å². The van der Waals surface area contributed by atoms with E-state index in [-0.39, 0.29) is 22.3 Å². The summed E-state index contributed by atoms with van der Waals surface area (Å²) in [5.74, 6) is 0.250. The number of phenolic OH excluding ortho intramolecular Hbond substituents is 1. The van der Waals surface area contributed by atoms with Gasteiger partial charge in [-0.2, -0.15) is 0 Å². The van der Waals surface area contributed by atoms with Gasteiger partial charge in [0, 0.05) is 17.3 Å². The van der Waals surface area contributed by atoms with E-state index < -0.39 is 15.9 Å². The van der Waals surface area contributed by atoms with E-state index in [4.69, 9.17) is 17.0 Å². The maximum atomic E-state index is 13.7. The average Bonchev–Trinajstić information content (AvgIpc) is 2.95. The number of anilines is 2. The van der Waals surface area contributed by atoms with Gasteiger partial charge in [-0.3, -0.25) is 14.4 Å². The van der Waals surface area contributed by atoms with E-state index in [2.05, 4.69) is 10.6 Å². The first-order valence-electron chi connectivity index (χ1n) is 12.1.